The predicted octanol–water partition coefficient (Wildman–Crippen LogP) is 3.01. The van der Waals surface area contributed by atoms with Gasteiger partial charge in [-0.3, -0.25) is 4.79 Å². The summed E-state index contributed by atoms with van der Waals surface area (Å²) in [5, 5.41) is 0. The molecule has 0 aliphatic heterocycles. The molecule has 2 N–H and O–H groups in total. The molecule has 0 fully saturated rings. The number of fused-ring (bicyclic) bond motifs is 3. The van der Waals surface area contributed by atoms with E-state index in [1.54, 1.807) is 6.08 Å². The van der Waals surface area contributed by atoms with Crippen molar-refractivity contribution in [1.82, 2.24) is 0 Å². The number of allylic oxidation sites excluding steroid dienone is 1. The summed E-state index contributed by atoms with van der Waals surface area (Å²) < 4.78 is 0. The van der Waals surface area contributed by atoms with Crippen LogP contribution in [-0.4, -0.2) is 5.91 Å². The average Bonchev–Trinajstić information content (AvgIpc) is 2.72. The smallest absolute Gasteiger partial charge is 0.232 e. The Balaban J connectivity index is 2.42. The van der Waals surface area contributed by atoms with Crippen molar-refractivity contribution in [3.63, 3.8) is 0 Å². The Bertz CT molecular complexity index is 627. The second-order valence-electron chi connectivity index (χ2n) is 4.85. The molecule has 0 unspecified atom stereocenters. The Hall–Kier alpha value is -2.35. The molecule has 94 valence electrons. The molecule has 2 heteroatoms. The first-order chi connectivity index (χ1) is 9.21. The molecule has 1 aliphatic carbocycles. The fourth-order valence-corrected chi connectivity index (χ4v) is 3.13. The van der Waals surface area contributed by atoms with E-state index in [9.17, 15) is 4.79 Å². The summed E-state index contributed by atoms with van der Waals surface area (Å²) in [6.07, 6.45) is 2.29. The topological polar surface area (TPSA) is 43.1 Å². The van der Waals surface area contributed by atoms with Gasteiger partial charge < -0.3 is 5.73 Å². The van der Waals surface area contributed by atoms with Crippen LogP contribution in [0.15, 0.2) is 61.2 Å². The number of benzene rings is 2. The van der Waals surface area contributed by atoms with Gasteiger partial charge in [-0.25, -0.2) is 0 Å². The number of primary amides is 1. The van der Waals surface area contributed by atoms with Gasteiger partial charge in [0, 0.05) is 0 Å². The lowest BCUT2D eigenvalue weighted by Crippen LogP contribution is -2.40. The van der Waals surface area contributed by atoms with Crippen molar-refractivity contribution in [2.24, 2.45) is 5.73 Å². The molecule has 0 radical (unpaired) electrons. The Labute approximate surface area is 112 Å². The largest absolute Gasteiger partial charge is 0.369 e. The third-order valence-corrected chi connectivity index (χ3v) is 3.94. The second kappa shape index (κ2) is 4.09. The predicted molar refractivity (Wildman–Crippen MR) is 76.7 cm³/mol. The lowest BCUT2D eigenvalue weighted by atomic mass is 9.75. The first-order valence-electron chi connectivity index (χ1n) is 6.32. The van der Waals surface area contributed by atoms with E-state index >= 15 is 0 Å². The Kier molecular flexibility index (Phi) is 2.53. The lowest BCUT2D eigenvalue weighted by Gasteiger charge is -2.27. The standard InChI is InChI=1S/C17H15NO/c1-2-11-17(16(18)19)14-9-5-3-7-12(14)13-8-4-6-10-15(13)17/h2-10H,1,11H2,(H2,18,19). The molecule has 0 saturated heterocycles. The molecule has 19 heavy (non-hydrogen) atoms. The number of nitrogens with two attached hydrogens (primary N) is 1. The first kappa shape index (κ1) is 11.7. The van der Waals surface area contributed by atoms with Crippen LogP contribution >= 0.6 is 0 Å². The summed E-state index contributed by atoms with van der Waals surface area (Å²) in [5.74, 6) is -0.315. The van der Waals surface area contributed by atoms with Crippen molar-refractivity contribution in [2.75, 3.05) is 0 Å². The Morgan fingerprint density at radius 2 is 1.53 bits per heavy atom. The highest BCUT2D eigenvalue weighted by Crippen LogP contribution is 2.50. The summed E-state index contributed by atoms with van der Waals surface area (Å²) in [5.41, 5.74) is 9.16. The van der Waals surface area contributed by atoms with Gasteiger partial charge in [0.05, 0.1) is 0 Å². The fourth-order valence-electron chi connectivity index (χ4n) is 3.13. The molecule has 0 saturated carbocycles. The minimum absolute atomic E-state index is 0.315. The monoisotopic (exact) mass is 249 g/mol. The molecular weight excluding hydrogens is 234 g/mol. The lowest BCUT2D eigenvalue weighted by molar-refractivity contribution is -0.122. The van der Waals surface area contributed by atoms with Gasteiger partial charge in [0.15, 0.2) is 0 Å². The number of carbonyl (C=O) groups is 1. The summed E-state index contributed by atoms with van der Waals surface area (Å²) >= 11 is 0. The number of hydrogen-bond acceptors (Lipinski definition) is 1. The highest BCUT2D eigenvalue weighted by molar-refractivity contribution is 5.99. The maximum atomic E-state index is 12.2. The van der Waals surface area contributed by atoms with Gasteiger partial charge in [-0.2, -0.15) is 0 Å². The zero-order valence-electron chi connectivity index (χ0n) is 10.6. The van der Waals surface area contributed by atoms with E-state index in [4.69, 9.17) is 5.73 Å². The number of hydrogen-bond donors (Lipinski definition) is 1. The summed E-state index contributed by atoms with van der Waals surface area (Å²) in [6.45, 7) is 3.79. The zero-order chi connectivity index (χ0) is 13.5. The molecule has 2 aromatic rings. The van der Waals surface area contributed by atoms with Crippen molar-refractivity contribution < 1.29 is 4.79 Å². The van der Waals surface area contributed by atoms with Crippen molar-refractivity contribution in [1.29, 1.82) is 0 Å². The number of rotatable bonds is 3. The van der Waals surface area contributed by atoms with Crippen LogP contribution in [0.2, 0.25) is 0 Å². The third kappa shape index (κ3) is 1.40. The van der Waals surface area contributed by atoms with Crippen LogP contribution in [0.3, 0.4) is 0 Å². The van der Waals surface area contributed by atoms with E-state index in [0.717, 1.165) is 22.3 Å². The summed E-state index contributed by atoms with van der Waals surface area (Å²) in [7, 11) is 0. The minimum Gasteiger partial charge on any atom is -0.369 e. The SMILES string of the molecule is C=CCC1(C(N)=O)c2ccccc2-c2ccccc21. The van der Waals surface area contributed by atoms with Crippen LogP contribution in [0.4, 0.5) is 0 Å². The molecule has 1 amide bonds. The molecule has 1 aliphatic rings. The molecule has 2 nitrogen and oxygen atoms in total. The zero-order valence-corrected chi connectivity index (χ0v) is 10.6. The van der Waals surface area contributed by atoms with Gasteiger partial charge in [-0.15, -0.1) is 6.58 Å². The Morgan fingerprint density at radius 1 is 1.05 bits per heavy atom. The maximum Gasteiger partial charge on any atom is 0.232 e. The molecule has 0 spiro atoms. The van der Waals surface area contributed by atoms with Crippen LogP contribution in [0.25, 0.3) is 11.1 Å². The van der Waals surface area contributed by atoms with Crippen LogP contribution in [0.5, 0.6) is 0 Å². The van der Waals surface area contributed by atoms with E-state index in [2.05, 4.69) is 6.58 Å². The second-order valence-corrected chi connectivity index (χ2v) is 4.85. The van der Waals surface area contributed by atoms with Crippen LogP contribution in [-0.2, 0) is 10.2 Å². The quantitative estimate of drug-likeness (QED) is 0.835. The van der Waals surface area contributed by atoms with Crippen molar-refractivity contribution in [3.05, 3.63) is 72.3 Å². The van der Waals surface area contributed by atoms with E-state index < -0.39 is 5.41 Å². The third-order valence-electron chi connectivity index (χ3n) is 3.94. The van der Waals surface area contributed by atoms with Crippen molar-refractivity contribution >= 4 is 5.91 Å². The highest BCUT2D eigenvalue weighted by atomic mass is 16.1. The molecule has 0 heterocycles. The first-order valence-corrected chi connectivity index (χ1v) is 6.32. The molecule has 0 bridgehead atoms. The van der Waals surface area contributed by atoms with Gasteiger partial charge >= 0.3 is 0 Å². The average molecular weight is 249 g/mol. The molecule has 2 aromatic carbocycles. The van der Waals surface area contributed by atoms with Gasteiger partial charge in [-0.1, -0.05) is 54.6 Å². The summed E-state index contributed by atoms with van der Waals surface area (Å²) in [4.78, 5) is 12.2. The van der Waals surface area contributed by atoms with Crippen LogP contribution in [0.1, 0.15) is 17.5 Å². The van der Waals surface area contributed by atoms with Gasteiger partial charge in [0.2, 0.25) is 5.91 Å². The van der Waals surface area contributed by atoms with Gasteiger partial charge in [0.1, 0.15) is 5.41 Å². The van der Waals surface area contributed by atoms with E-state index in [1.165, 1.54) is 0 Å². The van der Waals surface area contributed by atoms with Crippen molar-refractivity contribution in [2.45, 2.75) is 11.8 Å². The summed E-state index contributed by atoms with van der Waals surface area (Å²) in [6, 6.07) is 15.9. The van der Waals surface area contributed by atoms with Crippen molar-refractivity contribution in [3.8, 4) is 11.1 Å². The van der Waals surface area contributed by atoms with Crippen LogP contribution < -0.4 is 5.73 Å². The number of amides is 1. The van der Waals surface area contributed by atoms with E-state index in [-0.39, 0.29) is 5.91 Å². The minimum atomic E-state index is -0.769. The molecular formula is C17H15NO. The number of carbonyl (C=O) groups excluding carboxylic acids is 1. The normalized spacial score (nSPS) is 14.5. The Morgan fingerprint density at radius 3 is 1.95 bits per heavy atom. The van der Waals surface area contributed by atoms with E-state index in [1.807, 2.05) is 48.5 Å². The molecule has 0 atom stereocenters. The van der Waals surface area contributed by atoms with E-state index in [0.29, 0.717) is 6.42 Å². The van der Waals surface area contributed by atoms with Crippen LogP contribution in [0, 0.1) is 0 Å². The van der Waals surface area contributed by atoms with Gasteiger partial charge in [0.25, 0.3) is 0 Å². The van der Waals surface area contributed by atoms with Gasteiger partial charge in [-0.05, 0) is 28.7 Å². The molecule has 0 aromatic heterocycles. The highest BCUT2D eigenvalue weighted by Gasteiger charge is 2.46. The molecule has 3 rings (SSSR count). The fraction of sp³-hybridized carbons (Fsp3) is 0.118. The maximum absolute atomic E-state index is 12.2.